The van der Waals surface area contributed by atoms with E-state index in [1.165, 1.54) is 4.88 Å². The van der Waals surface area contributed by atoms with Gasteiger partial charge in [0, 0.05) is 4.88 Å². The molecule has 0 amide bonds. The van der Waals surface area contributed by atoms with E-state index in [-0.39, 0.29) is 6.04 Å². The summed E-state index contributed by atoms with van der Waals surface area (Å²) in [5.74, 6) is 6.36. The zero-order chi connectivity index (χ0) is 10.8. The van der Waals surface area contributed by atoms with E-state index in [4.69, 9.17) is 10.3 Å². The summed E-state index contributed by atoms with van der Waals surface area (Å²) in [5, 5.41) is 2.05. The molecule has 2 aromatic rings. The SMILES string of the molecule is Cc1sccc1C(NN)c1ccc(Br)o1. The van der Waals surface area contributed by atoms with E-state index in [9.17, 15) is 0 Å². The Hall–Kier alpha value is -0.620. The zero-order valence-corrected chi connectivity index (χ0v) is 10.6. The van der Waals surface area contributed by atoms with Crippen LogP contribution in [0.4, 0.5) is 0 Å². The van der Waals surface area contributed by atoms with E-state index in [2.05, 4.69) is 34.3 Å². The third-order valence-electron chi connectivity index (χ3n) is 2.26. The predicted octanol–water partition coefficient (Wildman–Crippen LogP) is 2.96. The van der Waals surface area contributed by atoms with Crippen LogP contribution in [-0.4, -0.2) is 0 Å². The first kappa shape index (κ1) is 10.9. The van der Waals surface area contributed by atoms with E-state index in [1.807, 2.05) is 17.5 Å². The monoisotopic (exact) mass is 286 g/mol. The standard InChI is InChI=1S/C10H11BrN2OS/c1-6-7(4-5-15-6)10(13-12)8-2-3-9(11)14-8/h2-5,10,13H,12H2,1H3. The van der Waals surface area contributed by atoms with Gasteiger partial charge < -0.3 is 4.42 Å². The van der Waals surface area contributed by atoms with E-state index in [0.717, 1.165) is 11.3 Å². The van der Waals surface area contributed by atoms with E-state index in [0.29, 0.717) is 4.67 Å². The van der Waals surface area contributed by atoms with Crippen LogP contribution in [0.25, 0.3) is 0 Å². The lowest BCUT2D eigenvalue weighted by Crippen LogP contribution is -2.28. The van der Waals surface area contributed by atoms with Gasteiger partial charge in [-0.3, -0.25) is 5.84 Å². The summed E-state index contributed by atoms with van der Waals surface area (Å²) in [6.45, 7) is 2.07. The summed E-state index contributed by atoms with van der Waals surface area (Å²) in [5.41, 5.74) is 3.92. The van der Waals surface area contributed by atoms with E-state index >= 15 is 0 Å². The second-order valence-electron chi connectivity index (χ2n) is 3.17. The summed E-state index contributed by atoms with van der Waals surface area (Å²) < 4.78 is 6.21. The van der Waals surface area contributed by atoms with E-state index in [1.54, 1.807) is 11.3 Å². The van der Waals surface area contributed by atoms with Gasteiger partial charge in [-0.25, -0.2) is 5.43 Å². The highest BCUT2D eigenvalue weighted by Crippen LogP contribution is 2.29. The van der Waals surface area contributed by atoms with Crippen molar-refractivity contribution in [1.29, 1.82) is 0 Å². The molecule has 0 aliphatic carbocycles. The normalized spacial score (nSPS) is 13.0. The van der Waals surface area contributed by atoms with Crippen LogP contribution in [0.2, 0.25) is 0 Å². The highest BCUT2D eigenvalue weighted by atomic mass is 79.9. The molecule has 0 saturated carbocycles. The molecule has 0 spiro atoms. The molecule has 2 aromatic heterocycles. The number of aryl methyl sites for hydroxylation is 1. The number of thiophene rings is 1. The molecule has 1 unspecified atom stereocenters. The van der Waals surface area contributed by atoms with Crippen LogP contribution in [0.15, 0.2) is 32.7 Å². The number of nitrogens with one attached hydrogen (secondary N) is 1. The Bertz CT molecular complexity index is 452. The maximum atomic E-state index is 5.55. The molecule has 2 rings (SSSR count). The minimum atomic E-state index is -0.0810. The van der Waals surface area contributed by atoms with Crippen LogP contribution in [0, 0.1) is 6.92 Å². The van der Waals surface area contributed by atoms with Gasteiger partial charge in [-0.1, -0.05) is 0 Å². The molecule has 80 valence electrons. The van der Waals surface area contributed by atoms with Gasteiger partial charge in [0.15, 0.2) is 4.67 Å². The first-order valence-corrected chi connectivity index (χ1v) is 6.15. The summed E-state index contributed by atoms with van der Waals surface area (Å²) in [4.78, 5) is 1.24. The quantitative estimate of drug-likeness (QED) is 0.674. The zero-order valence-electron chi connectivity index (χ0n) is 8.16. The molecule has 0 fully saturated rings. The maximum Gasteiger partial charge on any atom is 0.169 e. The Morgan fingerprint density at radius 1 is 1.47 bits per heavy atom. The fourth-order valence-corrected chi connectivity index (χ4v) is 2.56. The van der Waals surface area contributed by atoms with Crippen molar-refractivity contribution in [1.82, 2.24) is 5.43 Å². The smallest absolute Gasteiger partial charge is 0.169 e. The first-order valence-electron chi connectivity index (χ1n) is 4.47. The van der Waals surface area contributed by atoms with Crippen LogP contribution in [0.5, 0.6) is 0 Å². The second kappa shape index (κ2) is 4.49. The molecule has 3 N–H and O–H groups in total. The summed E-state index contributed by atoms with van der Waals surface area (Å²) in [6, 6.07) is 5.75. The van der Waals surface area contributed by atoms with Gasteiger partial charge in [-0.15, -0.1) is 11.3 Å². The van der Waals surface area contributed by atoms with Gasteiger partial charge >= 0.3 is 0 Å². The van der Waals surface area contributed by atoms with Gasteiger partial charge in [-0.2, -0.15) is 0 Å². The molecule has 0 saturated heterocycles. The molecule has 0 aliphatic rings. The van der Waals surface area contributed by atoms with Crippen LogP contribution in [-0.2, 0) is 0 Å². The van der Waals surface area contributed by atoms with Crippen molar-refractivity contribution in [3.05, 3.63) is 44.4 Å². The summed E-state index contributed by atoms with van der Waals surface area (Å²) >= 11 is 4.98. The Kier molecular flexibility index (Phi) is 3.25. The topological polar surface area (TPSA) is 51.2 Å². The Morgan fingerprint density at radius 3 is 2.73 bits per heavy atom. The predicted molar refractivity (Wildman–Crippen MR) is 64.6 cm³/mol. The molecular formula is C10H11BrN2OS. The van der Waals surface area contributed by atoms with Crippen molar-refractivity contribution >= 4 is 27.3 Å². The number of hydrazine groups is 1. The molecule has 0 aliphatic heterocycles. The Morgan fingerprint density at radius 2 is 2.27 bits per heavy atom. The number of furan rings is 1. The molecule has 0 radical (unpaired) electrons. The van der Waals surface area contributed by atoms with E-state index < -0.39 is 0 Å². The van der Waals surface area contributed by atoms with Crippen molar-refractivity contribution < 1.29 is 4.42 Å². The van der Waals surface area contributed by atoms with Crippen molar-refractivity contribution in [3.8, 4) is 0 Å². The summed E-state index contributed by atoms with van der Waals surface area (Å²) in [7, 11) is 0. The largest absolute Gasteiger partial charge is 0.452 e. The fraction of sp³-hybridized carbons (Fsp3) is 0.200. The van der Waals surface area contributed by atoms with Crippen molar-refractivity contribution in [2.45, 2.75) is 13.0 Å². The molecule has 5 heteroatoms. The lowest BCUT2D eigenvalue weighted by molar-refractivity contribution is 0.437. The number of halogens is 1. The van der Waals surface area contributed by atoms with Crippen molar-refractivity contribution in [2.24, 2.45) is 5.84 Å². The molecule has 0 aromatic carbocycles. The number of hydrogen-bond donors (Lipinski definition) is 2. The average molecular weight is 287 g/mol. The number of rotatable bonds is 3. The molecule has 0 bridgehead atoms. The molecular weight excluding hydrogens is 276 g/mol. The highest BCUT2D eigenvalue weighted by molar-refractivity contribution is 9.10. The van der Waals surface area contributed by atoms with Gasteiger partial charge in [0.2, 0.25) is 0 Å². The number of hydrogen-bond acceptors (Lipinski definition) is 4. The van der Waals surface area contributed by atoms with Gasteiger partial charge in [0.1, 0.15) is 11.8 Å². The third-order valence-corrected chi connectivity index (χ3v) is 3.54. The summed E-state index contributed by atoms with van der Waals surface area (Å²) in [6.07, 6.45) is 0. The lowest BCUT2D eigenvalue weighted by atomic mass is 10.1. The molecule has 3 nitrogen and oxygen atoms in total. The molecule has 1 atom stereocenters. The van der Waals surface area contributed by atoms with Crippen LogP contribution in [0.3, 0.4) is 0 Å². The number of nitrogens with two attached hydrogens (primary N) is 1. The minimum Gasteiger partial charge on any atom is -0.452 e. The molecule has 15 heavy (non-hydrogen) atoms. The fourth-order valence-electron chi connectivity index (χ4n) is 1.50. The van der Waals surface area contributed by atoms with Crippen molar-refractivity contribution in [3.63, 3.8) is 0 Å². The first-order chi connectivity index (χ1) is 7.22. The Balaban J connectivity index is 2.36. The van der Waals surface area contributed by atoms with Gasteiger partial charge in [-0.05, 0) is 52.0 Å². The second-order valence-corrected chi connectivity index (χ2v) is 5.08. The van der Waals surface area contributed by atoms with Crippen LogP contribution >= 0.6 is 27.3 Å². The lowest BCUT2D eigenvalue weighted by Gasteiger charge is -2.12. The molecule has 2 heterocycles. The third kappa shape index (κ3) is 2.15. The Labute approximate surface area is 100 Å². The highest BCUT2D eigenvalue weighted by Gasteiger charge is 2.18. The minimum absolute atomic E-state index is 0.0810. The van der Waals surface area contributed by atoms with Crippen LogP contribution in [0.1, 0.15) is 22.2 Å². The average Bonchev–Trinajstić information content (AvgIpc) is 2.79. The van der Waals surface area contributed by atoms with Gasteiger partial charge in [0.25, 0.3) is 0 Å². The van der Waals surface area contributed by atoms with Crippen LogP contribution < -0.4 is 11.3 Å². The van der Waals surface area contributed by atoms with Crippen molar-refractivity contribution in [2.75, 3.05) is 0 Å². The maximum absolute atomic E-state index is 5.55. The van der Waals surface area contributed by atoms with Gasteiger partial charge in [0.05, 0.1) is 0 Å².